The zero-order valence-electron chi connectivity index (χ0n) is 14.2. The Morgan fingerprint density at radius 1 is 1.32 bits per heavy atom. The highest BCUT2D eigenvalue weighted by molar-refractivity contribution is 7.09. The van der Waals surface area contributed by atoms with Crippen molar-refractivity contribution in [3.05, 3.63) is 40.3 Å². The molecule has 3 rings (SSSR count). The fourth-order valence-electron chi connectivity index (χ4n) is 2.75. The molecule has 2 heterocycles. The van der Waals surface area contributed by atoms with Crippen LogP contribution in [0, 0.1) is 0 Å². The first-order chi connectivity index (χ1) is 12.2. The summed E-state index contributed by atoms with van der Waals surface area (Å²) in [5, 5.41) is 8.80. The number of hydrogen-bond donors (Lipinski definition) is 2. The Hall–Kier alpha value is -2.41. The van der Waals surface area contributed by atoms with Crippen LogP contribution in [0.15, 0.2) is 29.6 Å². The summed E-state index contributed by atoms with van der Waals surface area (Å²) in [4.78, 5) is 29.9. The number of nitrogens with zero attached hydrogens (tertiary/aromatic N) is 2. The summed E-state index contributed by atoms with van der Waals surface area (Å²) < 4.78 is 0. The lowest BCUT2D eigenvalue weighted by atomic mass is 10.2. The molecule has 132 valence electrons. The molecule has 0 radical (unpaired) electrons. The highest BCUT2D eigenvalue weighted by atomic mass is 32.1. The van der Waals surface area contributed by atoms with Gasteiger partial charge in [0.2, 0.25) is 5.91 Å². The van der Waals surface area contributed by atoms with Gasteiger partial charge < -0.3 is 15.5 Å². The van der Waals surface area contributed by atoms with Crippen molar-refractivity contribution >= 4 is 34.6 Å². The quantitative estimate of drug-likeness (QED) is 0.833. The second-order valence-corrected chi connectivity index (χ2v) is 6.86. The second-order valence-electron chi connectivity index (χ2n) is 5.91. The van der Waals surface area contributed by atoms with E-state index in [0.29, 0.717) is 18.7 Å². The predicted molar refractivity (Wildman–Crippen MR) is 100 cm³/mol. The topological polar surface area (TPSA) is 74.3 Å². The Morgan fingerprint density at radius 3 is 2.76 bits per heavy atom. The summed E-state index contributed by atoms with van der Waals surface area (Å²) in [5.74, 6) is 0.159. The van der Waals surface area contributed by atoms with Gasteiger partial charge in [-0.3, -0.25) is 4.79 Å². The normalized spacial score (nSPS) is 14.0. The van der Waals surface area contributed by atoms with E-state index >= 15 is 0 Å². The van der Waals surface area contributed by atoms with E-state index in [2.05, 4.69) is 22.5 Å². The van der Waals surface area contributed by atoms with Crippen LogP contribution in [-0.2, 0) is 17.6 Å². The Kier molecular flexibility index (Phi) is 5.65. The molecule has 7 heteroatoms. The molecule has 25 heavy (non-hydrogen) atoms. The average molecular weight is 358 g/mol. The van der Waals surface area contributed by atoms with Crippen LogP contribution in [0.1, 0.15) is 30.5 Å². The minimum absolute atomic E-state index is 0.159. The zero-order chi connectivity index (χ0) is 17.6. The van der Waals surface area contributed by atoms with E-state index in [0.717, 1.165) is 42.2 Å². The summed E-state index contributed by atoms with van der Waals surface area (Å²) >= 11 is 1.66. The maximum atomic E-state index is 12.0. The lowest BCUT2D eigenvalue weighted by Gasteiger charge is -2.16. The molecular formula is C18H22N4O2S. The van der Waals surface area contributed by atoms with Crippen LogP contribution < -0.4 is 15.5 Å². The molecule has 0 bridgehead atoms. The number of thiazole rings is 1. The summed E-state index contributed by atoms with van der Waals surface area (Å²) in [6, 6.07) is 7.11. The molecule has 1 aliphatic heterocycles. The lowest BCUT2D eigenvalue weighted by Crippen LogP contribution is -2.30. The summed E-state index contributed by atoms with van der Waals surface area (Å²) in [6.45, 7) is 3.39. The largest absolute Gasteiger partial charge is 0.337 e. The molecule has 1 aliphatic rings. The number of hydrogen-bond acceptors (Lipinski definition) is 4. The number of urea groups is 1. The molecule has 0 unspecified atom stereocenters. The van der Waals surface area contributed by atoms with Crippen molar-refractivity contribution in [1.29, 1.82) is 0 Å². The lowest BCUT2D eigenvalue weighted by molar-refractivity contribution is -0.117. The van der Waals surface area contributed by atoms with Crippen molar-refractivity contribution < 1.29 is 9.59 Å². The number of benzene rings is 1. The maximum absolute atomic E-state index is 12.0. The van der Waals surface area contributed by atoms with Gasteiger partial charge in [0.15, 0.2) is 0 Å². The molecule has 1 aromatic heterocycles. The van der Waals surface area contributed by atoms with Gasteiger partial charge in [0.25, 0.3) is 0 Å². The number of aryl methyl sites for hydroxylation is 1. The molecule has 0 aliphatic carbocycles. The second kappa shape index (κ2) is 8.11. The third kappa shape index (κ3) is 4.57. The van der Waals surface area contributed by atoms with Crippen molar-refractivity contribution in [3.63, 3.8) is 0 Å². The predicted octanol–water partition coefficient (Wildman–Crippen LogP) is 3.20. The minimum atomic E-state index is -0.240. The Morgan fingerprint density at radius 2 is 2.12 bits per heavy atom. The van der Waals surface area contributed by atoms with E-state index in [1.807, 2.05) is 29.6 Å². The summed E-state index contributed by atoms with van der Waals surface area (Å²) in [5.41, 5.74) is 2.60. The fraction of sp³-hybridized carbons (Fsp3) is 0.389. The number of carbonyl (C=O) groups is 2. The number of anilines is 2. The van der Waals surface area contributed by atoms with Gasteiger partial charge in [-0.15, -0.1) is 11.3 Å². The molecule has 0 spiro atoms. The van der Waals surface area contributed by atoms with Crippen LogP contribution in [0.4, 0.5) is 16.2 Å². The van der Waals surface area contributed by atoms with Gasteiger partial charge in [0.05, 0.1) is 10.7 Å². The van der Waals surface area contributed by atoms with Crippen molar-refractivity contribution in [2.75, 3.05) is 23.3 Å². The van der Waals surface area contributed by atoms with Gasteiger partial charge in [0, 0.05) is 42.7 Å². The summed E-state index contributed by atoms with van der Waals surface area (Å²) in [6.07, 6.45) is 3.18. The molecule has 2 N–H and O–H groups in total. The number of aromatic nitrogens is 1. The average Bonchev–Trinajstić information content (AvgIpc) is 3.24. The number of amides is 3. The third-order valence-corrected chi connectivity index (χ3v) is 5.12. The van der Waals surface area contributed by atoms with E-state index in [1.165, 1.54) is 0 Å². The van der Waals surface area contributed by atoms with Crippen molar-refractivity contribution in [3.8, 4) is 0 Å². The van der Waals surface area contributed by atoms with Crippen molar-refractivity contribution in [2.24, 2.45) is 0 Å². The van der Waals surface area contributed by atoms with Gasteiger partial charge in [-0.25, -0.2) is 9.78 Å². The minimum Gasteiger partial charge on any atom is -0.337 e. The van der Waals surface area contributed by atoms with Gasteiger partial charge in [-0.05, 0) is 37.1 Å². The Labute approximate surface area is 151 Å². The van der Waals surface area contributed by atoms with E-state index in [-0.39, 0.29) is 11.9 Å². The van der Waals surface area contributed by atoms with Gasteiger partial charge in [-0.2, -0.15) is 0 Å². The number of rotatable bonds is 6. The molecule has 1 saturated heterocycles. The van der Waals surface area contributed by atoms with Crippen LogP contribution >= 0.6 is 11.3 Å². The standard InChI is InChI=1S/C18H22N4O2S/c1-2-16-20-14(12-25-16)9-10-19-18(24)21-13-5-7-15(8-6-13)22-11-3-4-17(22)23/h5-8,12H,2-4,9-11H2,1H3,(H2,19,21,24). The van der Waals surface area contributed by atoms with Crippen molar-refractivity contribution in [2.45, 2.75) is 32.6 Å². The molecule has 3 amide bonds. The molecule has 1 fully saturated rings. The number of nitrogens with one attached hydrogen (secondary N) is 2. The van der Waals surface area contributed by atoms with Gasteiger partial charge in [-0.1, -0.05) is 6.92 Å². The monoisotopic (exact) mass is 358 g/mol. The van der Waals surface area contributed by atoms with Crippen LogP contribution in [0.5, 0.6) is 0 Å². The first-order valence-electron chi connectivity index (χ1n) is 8.54. The van der Waals surface area contributed by atoms with Crippen LogP contribution in [-0.4, -0.2) is 30.0 Å². The van der Waals surface area contributed by atoms with E-state index in [4.69, 9.17) is 0 Å². The Balaban J connectivity index is 1.45. The molecule has 1 aromatic carbocycles. The smallest absolute Gasteiger partial charge is 0.319 e. The van der Waals surface area contributed by atoms with Crippen molar-refractivity contribution in [1.82, 2.24) is 10.3 Å². The highest BCUT2D eigenvalue weighted by Crippen LogP contribution is 2.22. The van der Waals surface area contributed by atoms with Gasteiger partial charge >= 0.3 is 6.03 Å². The molecule has 0 saturated carbocycles. The summed E-state index contributed by atoms with van der Waals surface area (Å²) in [7, 11) is 0. The van der Waals surface area contributed by atoms with E-state index in [1.54, 1.807) is 16.2 Å². The fourth-order valence-corrected chi connectivity index (χ4v) is 3.53. The van der Waals surface area contributed by atoms with Gasteiger partial charge in [0.1, 0.15) is 0 Å². The van der Waals surface area contributed by atoms with Crippen LogP contribution in [0.2, 0.25) is 0 Å². The highest BCUT2D eigenvalue weighted by Gasteiger charge is 2.21. The molecule has 6 nitrogen and oxygen atoms in total. The molecular weight excluding hydrogens is 336 g/mol. The van der Waals surface area contributed by atoms with Crippen LogP contribution in [0.25, 0.3) is 0 Å². The van der Waals surface area contributed by atoms with E-state index in [9.17, 15) is 9.59 Å². The number of carbonyl (C=O) groups excluding carboxylic acids is 2. The first kappa shape index (κ1) is 17.4. The third-order valence-electron chi connectivity index (χ3n) is 4.08. The maximum Gasteiger partial charge on any atom is 0.319 e. The molecule has 2 aromatic rings. The van der Waals surface area contributed by atoms with E-state index < -0.39 is 0 Å². The molecule has 0 atom stereocenters. The van der Waals surface area contributed by atoms with Crippen LogP contribution in [0.3, 0.4) is 0 Å². The zero-order valence-corrected chi connectivity index (χ0v) is 15.1. The Bertz CT molecular complexity index is 742. The first-order valence-corrected chi connectivity index (χ1v) is 9.42. The SMILES string of the molecule is CCc1nc(CCNC(=O)Nc2ccc(N3CCCC3=O)cc2)cs1.